The van der Waals surface area contributed by atoms with Crippen LogP contribution in [-0.2, 0) is 9.59 Å². The number of Topliss-reactive ketones (excluding diaryl/α,β-unsaturated/α-hetero) is 1. The first-order chi connectivity index (χ1) is 12.4. The molecule has 0 aliphatic heterocycles. The molecule has 6 unspecified atom stereocenters. The maximum Gasteiger partial charge on any atom is 0.223 e. The highest BCUT2D eigenvalue weighted by Crippen LogP contribution is 2.66. The van der Waals surface area contributed by atoms with Gasteiger partial charge in [-0.2, -0.15) is 0 Å². The van der Waals surface area contributed by atoms with E-state index in [1.165, 1.54) is 18.4 Å². The number of hydrogen-bond donors (Lipinski definition) is 2. The minimum Gasteiger partial charge on any atom is -0.355 e. The van der Waals surface area contributed by atoms with E-state index in [9.17, 15) is 9.59 Å². The molecule has 4 nitrogen and oxygen atoms in total. The number of allylic oxidation sites excluding steroid dienone is 2. The Morgan fingerprint density at radius 2 is 2.04 bits per heavy atom. The van der Waals surface area contributed by atoms with Crippen molar-refractivity contribution in [3.05, 3.63) is 11.6 Å². The van der Waals surface area contributed by atoms with Gasteiger partial charge in [0.1, 0.15) is 5.78 Å². The molecule has 1 amide bonds. The Hall–Kier alpha value is -1.16. The van der Waals surface area contributed by atoms with Crippen molar-refractivity contribution in [2.45, 2.75) is 65.2 Å². The summed E-state index contributed by atoms with van der Waals surface area (Å²) in [5.74, 6) is 2.81. The molecule has 144 valence electrons. The van der Waals surface area contributed by atoms with Gasteiger partial charge in [0.2, 0.25) is 5.91 Å². The van der Waals surface area contributed by atoms with E-state index in [0.29, 0.717) is 43.0 Å². The third kappa shape index (κ3) is 2.59. The predicted molar refractivity (Wildman–Crippen MR) is 102 cm³/mol. The Morgan fingerprint density at radius 1 is 1.23 bits per heavy atom. The fraction of sp³-hybridized carbons (Fsp3) is 0.818. The van der Waals surface area contributed by atoms with E-state index in [1.807, 2.05) is 0 Å². The molecule has 0 aromatic carbocycles. The van der Waals surface area contributed by atoms with Crippen LogP contribution >= 0.6 is 0 Å². The lowest BCUT2D eigenvalue weighted by molar-refractivity contribution is -0.132. The van der Waals surface area contributed by atoms with Crippen molar-refractivity contribution in [1.82, 2.24) is 5.32 Å². The Labute approximate surface area is 157 Å². The number of rotatable bonds is 3. The van der Waals surface area contributed by atoms with Crippen LogP contribution in [0.1, 0.15) is 65.2 Å². The second-order valence-electron chi connectivity index (χ2n) is 9.73. The van der Waals surface area contributed by atoms with Gasteiger partial charge in [0, 0.05) is 31.8 Å². The summed E-state index contributed by atoms with van der Waals surface area (Å²) in [4.78, 5) is 24.7. The van der Waals surface area contributed by atoms with Crippen LogP contribution in [0.3, 0.4) is 0 Å². The minimum atomic E-state index is 0.131. The van der Waals surface area contributed by atoms with Crippen molar-refractivity contribution >= 4 is 11.7 Å². The summed E-state index contributed by atoms with van der Waals surface area (Å²) in [6, 6.07) is 0. The molecule has 0 bridgehead atoms. The van der Waals surface area contributed by atoms with Crippen molar-refractivity contribution < 1.29 is 9.59 Å². The molecular formula is C22H34N2O2. The van der Waals surface area contributed by atoms with E-state index >= 15 is 0 Å². The highest BCUT2D eigenvalue weighted by molar-refractivity contribution is 5.82. The second kappa shape index (κ2) is 6.47. The molecule has 26 heavy (non-hydrogen) atoms. The smallest absolute Gasteiger partial charge is 0.223 e. The van der Waals surface area contributed by atoms with Crippen LogP contribution in [0.5, 0.6) is 0 Å². The van der Waals surface area contributed by atoms with Gasteiger partial charge in [0.05, 0.1) is 0 Å². The van der Waals surface area contributed by atoms with Crippen LogP contribution in [-0.4, -0.2) is 24.8 Å². The summed E-state index contributed by atoms with van der Waals surface area (Å²) in [7, 11) is 0. The third-order valence-corrected chi connectivity index (χ3v) is 8.70. The fourth-order valence-corrected chi connectivity index (χ4v) is 7.23. The van der Waals surface area contributed by atoms with Gasteiger partial charge in [-0.15, -0.1) is 0 Å². The van der Waals surface area contributed by atoms with Crippen molar-refractivity contribution in [2.75, 3.05) is 13.1 Å². The summed E-state index contributed by atoms with van der Waals surface area (Å²) in [5, 5.41) is 3.05. The van der Waals surface area contributed by atoms with E-state index in [4.69, 9.17) is 5.73 Å². The van der Waals surface area contributed by atoms with Crippen LogP contribution in [0.15, 0.2) is 11.6 Å². The van der Waals surface area contributed by atoms with Gasteiger partial charge >= 0.3 is 0 Å². The lowest BCUT2D eigenvalue weighted by atomic mass is 9.47. The van der Waals surface area contributed by atoms with Crippen molar-refractivity contribution in [1.29, 1.82) is 0 Å². The molecule has 6 atom stereocenters. The van der Waals surface area contributed by atoms with Gasteiger partial charge < -0.3 is 11.1 Å². The molecular weight excluding hydrogens is 324 g/mol. The van der Waals surface area contributed by atoms with Gasteiger partial charge in [-0.1, -0.05) is 25.5 Å². The molecule has 0 aromatic heterocycles. The minimum absolute atomic E-state index is 0.131. The largest absolute Gasteiger partial charge is 0.355 e. The Balaban J connectivity index is 1.58. The lowest BCUT2D eigenvalue weighted by Crippen LogP contribution is -2.51. The first-order valence-corrected chi connectivity index (χ1v) is 10.6. The van der Waals surface area contributed by atoms with Gasteiger partial charge in [0.25, 0.3) is 0 Å². The first kappa shape index (κ1) is 18.2. The number of nitrogens with two attached hydrogens (primary N) is 1. The van der Waals surface area contributed by atoms with Gasteiger partial charge in [-0.3, -0.25) is 9.59 Å². The highest BCUT2D eigenvalue weighted by Gasteiger charge is 2.59. The van der Waals surface area contributed by atoms with Crippen LogP contribution < -0.4 is 11.1 Å². The summed E-state index contributed by atoms with van der Waals surface area (Å²) >= 11 is 0. The summed E-state index contributed by atoms with van der Waals surface area (Å²) in [6.07, 6.45) is 10.5. The van der Waals surface area contributed by atoms with Crippen molar-refractivity contribution in [3.8, 4) is 0 Å². The summed E-state index contributed by atoms with van der Waals surface area (Å²) < 4.78 is 0. The zero-order chi connectivity index (χ0) is 18.5. The van der Waals surface area contributed by atoms with Crippen LogP contribution in [0.4, 0.5) is 0 Å². The molecule has 4 aliphatic rings. The standard InChI is InChI=1S/C22H34N2O2/c1-21-9-7-15(25)13-14(21)3-4-16-17-5-6-19(20(26)24-12-11-23)22(17,2)10-8-18(16)21/h3,16-19H,4-13,23H2,1-2H3,(H,24,26). The van der Waals surface area contributed by atoms with E-state index in [0.717, 1.165) is 32.1 Å². The molecule has 4 heteroatoms. The van der Waals surface area contributed by atoms with E-state index in [-0.39, 0.29) is 22.7 Å². The molecule has 3 saturated carbocycles. The molecule has 0 heterocycles. The highest BCUT2D eigenvalue weighted by atomic mass is 16.2. The second-order valence-corrected chi connectivity index (χ2v) is 9.73. The van der Waals surface area contributed by atoms with Gasteiger partial charge in [-0.05, 0) is 67.1 Å². The number of ketones is 1. The van der Waals surface area contributed by atoms with Crippen LogP contribution in [0.25, 0.3) is 0 Å². The molecule has 0 saturated heterocycles. The number of fused-ring (bicyclic) bond motifs is 5. The fourth-order valence-electron chi connectivity index (χ4n) is 7.23. The van der Waals surface area contributed by atoms with E-state index < -0.39 is 0 Å². The molecule has 0 radical (unpaired) electrons. The van der Waals surface area contributed by atoms with Gasteiger partial charge in [0.15, 0.2) is 0 Å². The zero-order valence-electron chi connectivity index (χ0n) is 16.4. The lowest BCUT2D eigenvalue weighted by Gasteiger charge is -2.57. The third-order valence-electron chi connectivity index (χ3n) is 8.70. The molecule has 3 fully saturated rings. The first-order valence-electron chi connectivity index (χ1n) is 10.6. The monoisotopic (exact) mass is 358 g/mol. The SMILES string of the molecule is CC12CCC(=O)CC1=CCC1C2CCC2(C)C(C(=O)NCCN)CCC12. The average molecular weight is 359 g/mol. The number of amides is 1. The maximum absolute atomic E-state index is 12.7. The molecule has 4 rings (SSSR count). The molecule has 0 spiro atoms. The normalized spacial score (nSPS) is 44.6. The predicted octanol–water partition coefficient (Wildman–Crippen LogP) is 3.21. The molecule has 0 aromatic rings. The summed E-state index contributed by atoms with van der Waals surface area (Å²) in [5.41, 5.74) is 7.35. The van der Waals surface area contributed by atoms with E-state index in [1.54, 1.807) is 0 Å². The van der Waals surface area contributed by atoms with Crippen molar-refractivity contribution in [3.63, 3.8) is 0 Å². The van der Waals surface area contributed by atoms with E-state index in [2.05, 4.69) is 25.2 Å². The number of carbonyl (C=O) groups is 2. The topological polar surface area (TPSA) is 72.2 Å². The summed E-state index contributed by atoms with van der Waals surface area (Å²) in [6.45, 7) is 5.89. The van der Waals surface area contributed by atoms with Crippen molar-refractivity contribution in [2.24, 2.45) is 40.2 Å². The molecule has 4 aliphatic carbocycles. The van der Waals surface area contributed by atoms with Crippen LogP contribution in [0.2, 0.25) is 0 Å². The number of carbonyl (C=O) groups excluding carboxylic acids is 2. The Kier molecular flexibility index (Phi) is 4.53. The Morgan fingerprint density at radius 3 is 2.81 bits per heavy atom. The quantitative estimate of drug-likeness (QED) is 0.761. The number of nitrogens with one attached hydrogen (secondary N) is 1. The molecule has 3 N–H and O–H groups in total. The number of hydrogen-bond acceptors (Lipinski definition) is 3. The van der Waals surface area contributed by atoms with Crippen LogP contribution in [0, 0.1) is 34.5 Å². The maximum atomic E-state index is 12.7. The Bertz CT molecular complexity index is 642. The average Bonchev–Trinajstić information content (AvgIpc) is 2.97. The zero-order valence-corrected chi connectivity index (χ0v) is 16.4. The van der Waals surface area contributed by atoms with Gasteiger partial charge in [-0.25, -0.2) is 0 Å².